The number of nitrogens with one attached hydrogen (secondary N) is 1. The van der Waals surface area contributed by atoms with Gasteiger partial charge in [0.25, 0.3) is 5.91 Å². The van der Waals surface area contributed by atoms with Gasteiger partial charge in [0, 0.05) is 30.2 Å². The number of benzene rings is 1. The molecule has 1 aromatic heterocycles. The van der Waals surface area contributed by atoms with Gasteiger partial charge in [-0.3, -0.25) is 10.2 Å². The van der Waals surface area contributed by atoms with Crippen LogP contribution in [0.1, 0.15) is 29.8 Å². The molecule has 2 aromatic rings. The molecule has 31 heavy (non-hydrogen) atoms. The summed E-state index contributed by atoms with van der Waals surface area (Å²) in [6.45, 7) is 5.76. The van der Waals surface area contributed by atoms with Gasteiger partial charge in [0.1, 0.15) is 5.82 Å². The van der Waals surface area contributed by atoms with E-state index in [1.165, 1.54) is 28.9 Å². The second-order valence-corrected chi connectivity index (χ2v) is 8.67. The molecule has 0 aliphatic carbocycles. The predicted octanol–water partition coefficient (Wildman–Crippen LogP) is 3.91. The number of amidine groups is 3. The second-order valence-electron chi connectivity index (χ2n) is 7.74. The highest BCUT2D eigenvalue weighted by Gasteiger charge is 2.37. The lowest BCUT2D eigenvalue weighted by molar-refractivity contribution is -0.114. The Kier molecular flexibility index (Phi) is 4.77. The molecule has 9 heteroatoms. The van der Waals surface area contributed by atoms with Crippen molar-refractivity contribution in [3.63, 3.8) is 0 Å². The number of hydrogen-bond acceptors (Lipinski definition) is 5. The molecule has 1 N–H and O–H groups in total. The van der Waals surface area contributed by atoms with Crippen LogP contribution >= 0.6 is 11.8 Å². The highest BCUT2D eigenvalue weighted by molar-refractivity contribution is 8.26. The molecule has 1 fully saturated rings. The van der Waals surface area contributed by atoms with Gasteiger partial charge < -0.3 is 9.47 Å². The summed E-state index contributed by atoms with van der Waals surface area (Å²) >= 11 is 1.34. The van der Waals surface area contributed by atoms with Crippen LogP contribution in [0.3, 0.4) is 0 Å². The van der Waals surface area contributed by atoms with Gasteiger partial charge in [-0.05, 0) is 80.4 Å². The zero-order valence-corrected chi connectivity index (χ0v) is 18.0. The van der Waals surface area contributed by atoms with Crippen LogP contribution < -0.4 is 0 Å². The minimum atomic E-state index is -0.437. The van der Waals surface area contributed by atoms with E-state index in [2.05, 4.69) is 15.0 Å². The zero-order chi connectivity index (χ0) is 21.7. The molecule has 5 rings (SSSR count). The standard InChI is InChI=1S/C22H21FN6OS/c1-13-11-15(14(2)28(13)17-7-5-16(23)6-8-17)12-18-19(24)29-21(25-20(18)30)31-22(26-29)27-9-3-4-10-27/h5-8,11-12,24H,3-4,9-10H2,1-2H3/b18-12+,24-19?. The summed E-state index contributed by atoms with van der Waals surface area (Å²) in [5.74, 6) is -0.697. The van der Waals surface area contributed by atoms with Crippen LogP contribution in [0.25, 0.3) is 11.8 Å². The first-order valence-corrected chi connectivity index (χ1v) is 10.9. The Balaban J connectivity index is 1.49. The van der Waals surface area contributed by atoms with Crippen LogP contribution in [0.2, 0.25) is 0 Å². The maximum Gasteiger partial charge on any atom is 0.283 e. The molecule has 4 heterocycles. The Morgan fingerprint density at radius 1 is 1.13 bits per heavy atom. The molecule has 158 valence electrons. The van der Waals surface area contributed by atoms with Gasteiger partial charge in [-0.1, -0.05) is 0 Å². The number of likely N-dealkylation sites (tertiary alicyclic amines) is 1. The van der Waals surface area contributed by atoms with Crippen molar-refractivity contribution in [3.05, 3.63) is 58.7 Å². The maximum atomic E-state index is 13.3. The third kappa shape index (κ3) is 3.38. The van der Waals surface area contributed by atoms with Crippen molar-refractivity contribution in [2.45, 2.75) is 26.7 Å². The van der Waals surface area contributed by atoms with Crippen molar-refractivity contribution >= 4 is 39.9 Å². The third-order valence-electron chi connectivity index (χ3n) is 5.68. The van der Waals surface area contributed by atoms with Crippen molar-refractivity contribution in [2.24, 2.45) is 10.1 Å². The number of aromatic nitrogens is 1. The molecule has 0 atom stereocenters. The fourth-order valence-corrected chi connectivity index (χ4v) is 5.04. The Morgan fingerprint density at radius 2 is 1.84 bits per heavy atom. The number of halogens is 1. The van der Waals surface area contributed by atoms with Gasteiger partial charge in [-0.15, -0.1) is 5.10 Å². The molecule has 1 amide bonds. The summed E-state index contributed by atoms with van der Waals surface area (Å²) < 4.78 is 15.3. The van der Waals surface area contributed by atoms with Crippen molar-refractivity contribution in [2.75, 3.05) is 13.1 Å². The van der Waals surface area contributed by atoms with Crippen LogP contribution in [-0.2, 0) is 4.79 Å². The summed E-state index contributed by atoms with van der Waals surface area (Å²) in [7, 11) is 0. The number of hydrogen-bond donors (Lipinski definition) is 1. The minimum absolute atomic E-state index is 0.0308. The van der Waals surface area contributed by atoms with Crippen LogP contribution in [0, 0.1) is 25.1 Å². The number of hydrazone groups is 1. The van der Waals surface area contributed by atoms with E-state index >= 15 is 0 Å². The number of aliphatic imine (C=N–C) groups is 1. The summed E-state index contributed by atoms with van der Waals surface area (Å²) in [5.41, 5.74) is 3.69. The number of nitrogens with zero attached hydrogens (tertiary/aromatic N) is 5. The van der Waals surface area contributed by atoms with Crippen molar-refractivity contribution in [3.8, 4) is 5.69 Å². The van der Waals surface area contributed by atoms with Crippen molar-refractivity contribution < 1.29 is 9.18 Å². The first-order chi connectivity index (χ1) is 14.9. The van der Waals surface area contributed by atoms with Crippen LogP contribution in [0.4, 0.5) is 4.39 Å². The summed E-state index contributed by atoms with van der Waals surface area (Å²) in [4.78, 5) is 19.1. The summed E-state index contributed by atoms with van der Waals surface area (Å²) in [6, 6.07) is 8.22. The van der Waals surface area contributed by atoms with Gasteiger partial charge in [0.05, 0.1) is 5.57 Å². The van der Waals surface area contributed by atoms with E-state index in [9.17, 15) is 9.18 Å². The third-order valence-corrected chi connectivity index (χ3v) is 6.64. The molecule has 3 aliphatic heterocycles. The molecular weight excluding hydrogens is 415 g/mol. The largest absolute Gasteiger partial charge is 0.349 e. The molecule has 3 aliphatic rings. The Hall–Kier alpha value is -3.20. The predicted molar refractivity (Wildman–Crippen MR) is 121 cm³/mol. The molecule has 0 spiro atoms. The lowest BCUT2D eigenvalue weighted by Crippen LogP contribution is -2.35. The fraction of sp³-hybridized carbons (Fsp3) is 0.273. The quantitative estimate of drug-likeness (QED) is 0.725. The van der Waals surface area contributed by atoms with Crippen LogP contribution in [0.5, 0.6) is 0 Å². The number of carbonyl (C=O) groups is 1. The van der Waals surface area contributed by atoms with E-state index < -0.39 is 5.91 Å². The zero-order valence-electron chi connectivity index (χ0n) is 17.2. The molecule has 0 radical (unpaired) electrons. The average Bonchev–Trinajstić information content (AvgIpc) is 3.46. The SMILES string of the molecule is Cc1cc(/C=C2\C(=N)N3N=C(N4CCCC4)SC3=NC2=O)c(C)n1-c1ccc(F)cc1. The van der Waals surface area contributed by atoms with Crippen LogP contribution in [-0.4, -0.2) is 49.6 Å². The van der Waals surface area contributed by atoms with E-state index in [1.54, 1.807) is 18.2 Å². The monoisotopic (exact) mass is 436 g/mol. The number of carbonyl (C=O) groups excluding carboxylic acids is 1. The number of amides is 1. The molecule has 1 aromatic carbocycles. The second kappa shape index (κ2) is 7.49. The minimum Gasteiger partial charge on any atom is -0.349 e. The topological polar surface area (TPSA) is 77.1 Å². The van der Waals surface area contributed by atoms with Crippen LogP contribution in [0.15, 0.2) is 46.0 Å². The van der Waals surface area contributed by atoms with E-state index in [0.717, 1.165) is 53.7 Å². The molecular formula is C22H21FN6OS. The van der Waals surface area contributed by atoms with E-state index in [1.807, 2.05) is 24.5 Å². The van der Waals surface area contributed by atoms with Gasteiger partial charge in [0.2, 0.25) is 5.17 Å². The first kappa shape index (κ1) is 19.7. The highest BCUT2D eigenvalue weighted by Crippen LogP contribution is 2.31. The van der Waals surface area contributed by atoms with Crippen molar-refractivity contribution in [1.82, 2.24) is 14.5 Å². The summed E-state index contributed by atoms with van der Waals surface area (Å²) in [5, 5.41) is 15.8. The summed E-state index contributed by atoms with van der Waals surface area (Å²) in [6.07, 6.45) is 3.94. The normalized spacial score (nSPS) is 19.9. The number of aryl methyl sites for hydroxylation is 1. The molecule has 7 nitrogen and oxygen atoms in total. The average molecular weight is 437 g/mol. The maximum absolute atomic E-state index is 13.3. The van der Waals surface area contributed by atoms with Crippen molar-refractivity contribution in [1.29, 1.82) is 5.41 Å². The van der Waals surface area contributed by atoms with Gasteiger partial charge >= 0.3 is 0 Å². The smallest absolute Gasteiger partial charge is 0.283 e. The highest BCUT2D eigenvalue weighted by atomic mass is 32.2. The molecule has 0 unspecified atom stereocenters. The Labute approximate surface area is 183 Å². The van der Waals surface area contributed by atoms with Gasteiger partial charge in [-0.25, -0.2) is 4.39 Å². The van der Waals surface area contributed by atoms with E-state index in [0.29, 0.717) is 5.17 Å². The number of thioether (sulfide) groups is 1. The number of fused-ring (bicyclic) bond motifs is 1. The lowest BCUT2D eigenvalue weighted by atomic mass is 10.1. The van der Waals surface area contributed by atoms with E-state index in [-0.39, 0.29) is 17.2 Å². The fourth-order valence-electron chi connectivity index (χ4n) is 4.09. The number of rotatable bonds is 2. The molecule has 1 saturated heterocycles. The lowest BCUT2D eigenvalue weighted by Gasteiger charge is -2.20. The Bertz CT molecular complexity index is 1190. The Morgan fingerprint density at radius 3 is 2.55 bits per heavy atom. The van der Waals surface area contributed by atoms with Gasteiger partial charge in [0.15, 0.2) is 11.0 Å². The first-order valence-electron chi connectivity index (χ1n) is 10.1. The van der Waals surface area contributed by atoms with Gasteiger partial charge in [-0.2, -0.15) is 10.0 Å². The van der Waals surface area contributed by atoms with E-state index in [4.69, 9.17) is 5.41 Å². The molecule has 0 bridgehead atoms. The molecule has 0 saturated carbocycles.